The molecule has 0 saturated heterocycles. The predicted molar refractivity (Wildman–Crippen MR) is 135 cm³/mol. The number of benzene rings is 3. The molecule has 172 valence electrons. The Labute approximate surface area is 203 Å². The fourth-order valence-corrected chi connectivity index (χ4v) is 5.21. The molecule has 4 aromatic rings. The van der Waals surface area contributed by atoms with Gasteiger partial charge >= 0.3 is 0 Å². The summed E-state index contributed by atoms with van der Waals surface area (Å²) in [6.07, 6.45) is 2.64. The lowest BCUT2D eigenvalue weighted by atomic mass is 9.79. The van der Waals surface area contributed by atoms with Crippen LogP contribution in [0.4, 0.5) is 11.4 Å². The number of amides is 1. The van der Waals surface area contributed by atoms with E-state index in [0.29, 0.717) is 35.4 Å². The van der Waals surface area contributed by atoms with E-state index < -0.39 is 6.04 Å². The molecule has 0 fully saturated rings. The summed E-state index contributed by atoms with van der Waals surface area (Å²) in [5, 5.41) is 3.54. The van der Waals surface area contributed by atoms with Crippen molar-refractivity contribution in [2.75, 3.05) is 10.2 Å². The van der Waals surface area contributed by atoms with Crippen molar-refractivity contribution in [3.8, 4) is 0 Å². The molecule has 0 bridgehead atoms. The first kappa shape index (κ1) is 21.2. The van der Waals surface area contributed by atoms with Crippen molar-refractivity contribution in [2.24, 2.45) is 0 Å². The smallest absolute Gasteiger partial charge is 0.259 e. The number of hydrogen-bond donors (Lipinski definition) is 1. The van der Waals surface area contributed by atoms with Gasteiger partial charge in [0, 0.05) is 23.3 Å². The second-order valence-electron chi connectivity index (χ2n) is 8.93. The van der Waals surface area contributed by atoms with Gasteiger partial charge in [-0.15, -0.1) is 0 Å². The van der Waals surface area contributed by atoms with E-state index in [1.807, 2.05) is 66.7 Å². The van der Waals surface area contributed by atoms with E-state index in [2.05, 4.69) is 17.4 Å². The molecule has 0 radical (unpaired) electrons. The van der Waals surface area contributed by atoms with E-state index in [9.17, 15) is 9.59 Å². The SMILES string of the molecule is O=C1C[C@H](c2ccccc2)CC2=C1[C@H](c1ccco1)N(C(=O)c1ccccc1)c1ccccc1N2. The summed E-state index contributed by atoms with van der Waals surface area (Å²) in [5.74, 6) is 0.461. The molecule has 5 nitrogen and oxygen atoms in total. The first-order valence-electron chi connectivity index (χ1n) is 11.8. The second kappa shape index (κ2) is 8.76. The molecule has 1 aliphatic heterocycles. The molecule has 0 saturated carbocycles. The monoisotopic (exact) mass is 460 g/mol. The third kappa shape index (κ3) is 3.75. The van der Waals surface area contributed by atoms with Crippen LogP contribution in [-0.4, -0.2) is 11.7 Å². The number of allylic oxidation sites excluding steroid dienone is 1. The number of rotatable bonds is 3. The van der Waals surface area contributed by atoms with Crippen LogP contribution in [0.1, 0.15) is 46.5 Å². The fraction of sp³-hybridized carbons (Fsp3) is 0.133. The minimum atomic E-state index is -0.673. The van der Waals surface area contributed by atoms with Crippen molar-refractivity contribution in [3.05, 3.63) is 131 Å². The molecule has 5 heteroatoms. The average molecular weight is 461 g/mol. The fourth-order valence-electron chi connectivity index (χ4n) is 5.21. The van der Waals surface area contributed by atoms with E-state index >= 15 is 0 Å². The van der Waals surface area contributed by atoms with Crippen molar-refractivity contribution in [1.82, 2.24) is 0 Å². The number of Topliss-reactive ketones (excluding diaryl/α,β-unsaturated/α-hetero) is 1. The van der Waals surface area contributed by atoms with Crippen LogP contribution >= 0.6 is 0 Å². The molecule has 35 heavy (non-hydrogen) atoms. The summed E-state index contributed by atoms with van der Waals surface area (Å²) in [5.41, 5.74) is 4.62. The summed E-state index contributed by atoms with van der Waals surface area (Å²) < 4.78 is 5.86. The first-order chi connectivity index (χ1) is 17.2. The van der Waals surface area contributed by atoms with Crippen LogP contribution in [0.3, 0.4) is 0 Å². The van der Waals surface area contributed by atoms with Crippen molar-refractivity contribution in [2.45, 2.75) is 24.8 Å². The molecule has 2 atom stereocenters. The zero-order valence-corrected chi connectivity index (χ0v) is 19.1. The van der Waals surface area contributed by atoms with Crippen molar-refractivity contribution >= 4 is 23.1 Å². The Morgan fingerprint density at radius 3 is 2.29 bits per heavy atom. The Bertz CT molecular complexity index is 1410. The molecule has 6 rings (SSSR count). The number of nitrogens with one attached hydrogen (secondary N) is 1. The average Bonchev–Trinajstić information content (AvgIpc) is 3.39. The number of furan rings is 1. The quantitative estimate of drug-likeness (QED) is 0.379. The van der Waals surface area contributed by atoms with Gasteiger partial charge in [0.1, 0.15) is 11.8 Å². The molecular formula is C30H24N2O3. The molecule has 0 unspecified atom stereocenters. The minimum absolute atomic E-state index is 0.0210. The van der Waals surface area contributed by atoms with Crippen LogP contribution < -0.4 is 10.2 Å². The van der Waals surface area contributed by atoms with Crippen LogP contribution in [0, 0.1) is 0 Å². The van der Waals surface area contributed by atoms with E-state index in [1.54, 1.807) is 29.4 Å². The third-order valence-electron chi connectivity index (χ3n) is 6.81. The number of hydrogen-bond acceptors (Lipinski definition) is 4. The topological polar surface area (TPSA) is 62.6 Å². The van der Waals surface area contributed by atoms with Crippen molar-refractivity contribution in [1.29, 1.82) is 0 Å². The van der Waals surface area contributed by atoms with Crippen LogP contribution in [0.15, 0.2) is 119 Å². The molecule has 3 aromatic carbocycles. The number of fused-ring (bicyclic) bond motifs is 1. The molecule has 1 N–H and O–H groups in total. The summed E-state index contributed by atoms with van der Waals surface area (Å²) in [6.45, 7) is 0. The lowest BCUT2D eigenvalue weighted by Crippen LogP contribution is -2.38. The number of ketones is 1. The highest BCUT2D eigenvalue weighted by Gasteiger charge is 2.43. The van der Waals surface area contributed by atoms with Crippen LogP contribution in [0.25, 0.3) is 0 Å². The zero-order chi connectivity index (χ0) is 23.8. The summed E-state index contributed by atoms with van der Waals surface area (Å²) in [4.78, 5) is 29.6. The van der Waals surface area contributed by atoms with E-state index in [0.717, 1.165) is 16.9 Å². The summed E-state index contributed by atoms with van der Waals surface area (Å²) >= 11 is 0. The standard InChI is InChI=1S/C30H24N2O3/c33-26-19-22(20-10-3-1-4-11-20)18-24-28(26)29(27-16-9-17-35-27)32(25-15-8-7-14-23(25)31-24)30(34)21-12-5-2-6-13-21/h1-17,22,29,31H,18-19H2/t22-,29+/m1/s1. The maximum absolute atomic E-state index is 14.0. The van der Waals surface area contributed by atoms with Gasteiger partial charge in [-0.1, -0.05) is 60.7 Å². The Hall–Kier alpha value is -4.38. The number of carbonyl (C=O) groups excluding carboxylic acids is 2. The third-order valence-corrected chi connectivity index (χ3v) is 6.81. The Morgan fingerprint density at radius 1 is 0.829 bits per heavy atom. The van der Waals surface area contributed by atoms with Gasteiger partial charge in [0.05, 0.1) is 17.6 Å². The van der Waals surface area contributed by atoms with Gasteiger partial charge in [0.15, 0.2) is 5.78 Å². The highest BCUT2D eigenvalue weighted by molar-refractivity contribution is 6.11. The maximum Gasteiger partial charge on any atom is 0.259 e. The lowest BCUT2D eigenvalue weighted by molar-refractivity contribution is -0.116. The lowest BCUT2D eigenvalue weighted by Gasteiger charge is -2.33. The first-order valence-corrected chi connectivity index (χ1v) is 11.8. The van der Waals surface area contributed by atoms with Crippen LogP contribution in [0.2, 0.25) is 0 Å². The summed E-state index contributed by atoms with van der Waals surface area (Å²) in [7, 11) is 0. The van der Waals surface area contributed by atoms with Crippen molar-refractivity contribution < 1.29 is 14.0 Å². The maximum atomic E-state index is 14.0. The van der Waals surface area contributed by atoms with Gasteiger partial charge < -0.3 is 9.73 Å². The number of nitrogens with zero attached hydrogens (tertiary/aromatic N) is 1. The van der Waals surface area contributed by atoms with Gasteiger partial charge in [-0.05, 0) is 54.3 Å². The van der Waals surface area contributed by atoms with Gasteiger partial charge in [0.25, 0.3) is 5.91 Å². The molecule has 2 heterocycles. The Kier molecular flexibility index (Phi) is 5.30. The largest absolute Gasteiger partial charge is 0.467 e. The normalized spacial score (nSPS) is 19.4. The Balaban J connectivity index is 1.55. The van der Waals surface area contributed by atoms with Crippen molar-refractivity contribution in [3.63, 3.8) is 0 Å². The van der Waals surface area contributed by atoms with E-state index in [1.165, 1.54) is 0 Å². The molecule has 1 aliphatic carbocycles. The molecular weight excluding hydrogens is 436 g/mol. The van der Waals surface area contributed by atoms with E-state index in [-0.39, 0.29) is 17.6 Å². The molecule has 1 amide bonds. The van der Waals surface area contributed by atoms with Crippen LogP contribution in [-0.2, 0) is 4.79 Å². The van der Waals surface area contributed by atoms with Crippen LogP contribution in [0.5, 0.6) is 0 Å². The van der Waals surface area contributed by atoms with Gasteiger partial charge in [-0.25, -0.2) is 0 Å². The molecule has 2 aliphatic rings. The number of carbonyl (C=O) groups is 2. The number of para-hydroxylation sites is 2. The highest BCUT2D eigenvalue weighted by Crippen LogP contribution is 2.47. The highest BCUT2D eigenvalue weighted by atomic mass is 16.3. The second-order valence-corrected chi connectivity index (χ2v) is 8.93. The number of anilines is 2. The molecule has 0 spiro atoms. The summed E-state index contributed by atoms with van der Waals surface area (Å²) in [6, 6.07) is 30.0. The van der Waals surface area contributed by atoms with Gasteiger partial charge in [-0.2, -0.15) is 0 Å². The van der Waals surface area contributed by atoms with Gasteiger partial charge in [-0.3, -0.25) is 14.5 Å². The predicted octanol–water partition coefficient (Wildman–Crippen LogP) is 6.49. The minimum Gasteiger partial charge on any atom is -0.467 e. The molecule has 1 aromatic heterocycles. The van der Waals surface area contributed by atoms with Gasteiger partial charge in [0.2, 0.25) is 0 Å². The zero-order valence-electron chi connectivity index (χ0n) is 19.1. The van der Waals surface area contributed by atoms with E-state index in [4.69, 9.17) is 4.42 Å². The Morgan fingerprint density at radius 2 is 1.54 bits per heavy atom.